The lowest BCUT2D eigenvalue weighted by Gasteiger charge is -2.38. The van der Waals surface area contributed by atoms with Gasteiger partial charge in [0.1, 0.15) is 18.2 Å². The molecule has 1 atom stereocenters. The van der Waals surface area contributed by atoms with Crippen molar-refractivity contribution in [2.45, 2.75) is 36.8 Å². The summed E-state index contributed by atoms with van der Waals surface area (Å²) in [6.45, 7) is 4.23. The fraction of sp³-hybridized carbons (Fsp3) is 0.346. The fourth-order valence-corrected chi connectivity index (χ4v) is 5.63. The number of carbonyl (C=O) groups excluding carboxylic acids is 2. The zero-order valence-electron chi connectivity index (χ0n) is 18.2. The van der Waals surface area contributed by atoms with Crippen molar-refractivity contribution in [2.75, 3.05) is 13.2 Å². The van der Waals surface area contributed by atoms with Gasteiger partial charge in [0.05, 0.1) is 0 Å². The van der Waals surface area contributed by atoms with Crippen LogP contribution in [0.25, 0.3) is 11.1 Å². The van der Waals surface area contributed by atoms with Gasteiger partial charge in [-0.2, -0.15) is 0 Å². The predicted octanol–water partition coefficient (Wildman–Crippen LogP) is 3.55. The number of rotatable bonds is 7. The van der Waals surface area contributed by atoms with Crippen LogP contribution in [0.5, 0.6) is 0 Å². The number of amides is 2. The lowest BCUT2D eigenvalue weighted by molar-refractivity contribution is -0.159. The van der Waals surface area contributed by atoms with E-state index in [0.29, 0.717) is 19.4 Å². The number of nitrogens with one attached hydrogen (secondary N) is 1. The standard InChI is InChI=1S/C26H26N2O5/c1-2-7-22(23(29)28-14-16-12-26(28,13-16)24(30)31)27-25(32)33-15-21-19-10-5-3-8-17(19)18-9-4-6-11-20(18)21/h2-6,8-11,16,21-22H,1,7,12-15H2,(H,27,32)(H,30,31). The van der Waals surface area contributed by atoms with Crippen LogP contribution in [0, 0.1) is 5.92 Å². The molecule has 2 aromatic rings. The van der Waals surface area contributed by atoms with E-state index < -0.39 is 29.6 Å². The highest BCUT2D eigenvalue weighted by Gasteiger charge is 2.63. The Morgan fingerprint density at radius 3 is 2.30 bits per heavy atom. The molecule has 170 valence electrons. The Morgan fingerprint density at radius 1 is 1.12 bits per heavy atom. The molecular weight excluding hydrogens is 420 g/mol. The SMILES string of the molecule is C=CCC(NC(=O)OCC1c2ccccc2-c2ccccc21)C(=O)N1CC2CC1(C(=O)O)C2. The zero-order valence-corrected chi connectivity index (χ0v) is 18.2. The number of carboxylic acids is 1. The van der Waals surface area contributed by atoms with Gasteiger partial charge >= 0.3 is 12.1 Å². The first-order chi connectivity index (χ1) is 15.9. The number of benzene rings is 2. The molecule has 2 aliphatic carbocycles. The molecule has 1 saturated carbocycles. The molecule has 2 amide bonds. The summed E-state index contributed by atoms with van der Waals surface area (Å²) in [6.07, 6.45) is 1.98. The van der Waals surface area contributed by atoms with Gasteiger partial charge in [-0.15, -0.1) is 6.58 Å². The smallest absolute Gasteiger partial charge is 0.407 e. The highest BCUT2D eigenvalue weighted by atomic mass is 16.5. The van der Waals surface area contributed by atoms with Crippen LogP contribution in [-0.4, -0.2) is 52.7 Å². The lowest BCUT2D eigenvalue weighted by atomic mass is 9.73. The molecular formula is C26H26N2O5. The van der Waals surface area contributed by atoms with Crippen molar-refractivity contribution < 1.29 is 24.2 Å². The van der Waals surface area contributed by atoms with Gasteiger partial charge in [0.2, 0.25) is 5.91 Å². The highest BCUT2D eigenvalue weighted by molar-refractivity contribution is 5.93. The number of carbonyl (C=O) groups is 3. The van der Waals surface area contributed by atoms with Gasteiger partial charge in [-0.05, 0) is 47.4 Å². The second-order valence-electron chi connectivity index (χ2n) is 9.11. The summed E-state index contributed by atoms with van der Waals surface area (Å²) < 4.78 is 5.57. The summed E-state index contributed by atoms with van der Waals surface area (Å²) in [6, 6.07) is 15.2. The van der Waals surface area contributed by atoms with Gasteiger partial charge in [-0.3, -0.25) is 4.79 Å². The summed E-state index contributed by atoms with van der Waals surface area (Å²) in [5, 5.41) is 12.3. The predicted molar refractivity (Wildman–Crippen MR) is 122 cm³/mol. The van der Waals surface area contributed by atoms with Gasteiger partial charge in [0.15, 0.2) is 0 Å². The minimum atomic E-state index is -1.13. The molecule has 0 aromatic heterocycles. The summed E-state index contributed by atoms with van der Waals surface area (Å²) in [4.78, 5) is 39.0. The molecule has 0 spiro atoms. The average Bonchev–Trinajstić information content (AvgIpc) is 3.45. The molecule has 2 saturated heterocycles. The Morgan fingerprint density at radius 2 is 1.73 bits per heavy atom. The molecule has 1 unspecified atom stereocenters. The van der Waals surface area contributed by atoms with Crippen molar-refractivity contribution in [1.29, 1.82) is 0 Å². The van der Waals surface area contributed by atoms with Crippen molar-refractivity contribution in [3.8, 4) is 11.1 Å². The quantitative estimate of drug-likeness (QED) is 0.634. The second-order valence-corrected chi connectivity index (χ2v) is 9.11. The maximum absolute atomic E-state index is 13.1. The first-order valence-corrected chi connectivity index (χ1v) is 11.2. The maximum atomic E-state index is 13.1. The van der Waals surface area contributed by atoms with Gasteiger partial charge < -0.3 is 20.1 Å². The van der Waals surface area contributed by atoms with Crippen molar-refractivity contribution in [3.05, 3.63) is 72.3 Å². The fourth-order valence-electron chi connectivity index (χ4n) is 5.63. The van der Waals surface area contributed by atoms with E-state index in [1.807, 2.05) is 36.4 Å². The van der Waals surface area contributed by atoms with Gasteiger partial charge in [-0.1, -0.05) is 54.6 Å². The molecule has 2 bridgehead atoms. The third-order valence-electron chi connectivity index (χ3n) is 7.21. The van der Waals surface area contributed by atoms with Gasteiger partial charge in [0, 0.05) is 12.5 Å². The molecule has 3 fully saturated rings. The number of hydrogen-bond acceptors (Lipinski definition) is 4. The number of fused-ring (bicyclic) bond motifs is 4. The third-order valence-corrected chi connectivity index (χ3v) is 7.21. The largest absolute Gasteiger partial charge is 0.479 e. The monoisotopic (exact) mass is 446 g/mol. The maximum Gasteiger partial charge on any atom is 0.407 e. The third kappa shape index (κ3) is 3.39. The lowest BCUT2D eigenvalue weighted by Crippen LogP contribution is -2.58. The molecule has 2 aliphatic heterocycles. The van der Waals surface area contributed by atoms with Crippen molar-refractivity contribution in [1.82, 2.24) is 10.2 Å². The highest BCUT2D eigenvalue weighted by Crippen LogP contribution is 2.51. The topological polar surface area (TPSA) is 95.9 Å². The number of alkyl carbamates (subject to hydrolysis) is 1. The van der Waals surface area contributed by atoms with Crippen LogP contribution in [0.1, 0.15) is 36.3 Å². The second kappa shape index (κ2) is 8.06. The summed E-state index contributed by atoms with van der Waals surface area (Å²) >= 11 is 0. The molecule has 0 radical (unpaired) electrons. The molecule has 4 aliphatic rings. The van der Waals surface area contributed by atoms with Crippen molar-refractivity contribution >= 4 is 18.0 Å². The molecule has 2 heterocycles. The number of ether oxygens (including phenoxy) is 1. The van der Waals surface area contributed by atoms with Gasteiger partial charge in [0.25, 0.3) is 0 Å². The number of carboxylic acid groups (broad SMARTS) is 1. The van der Waals surface area contributed by atoms with E-state index in [2.05, 4.69) is 24.0 Å². The molecule has 2 N–H and O–H groups in total. The molecule has 33 heavy (non-hydrogen) atoms. The zero-order chi connectivity index (χ0) is 23.2. The van der Waals surface area contributed by atoms with E-state index >= 15 is 0 Å². The van der Waals surface area contributed by atoms with Crippen LogP contribution in [0.2, 0.25) is 0 Å². The number of hydrogen-bond donors (Lipinski definition) is 2. The Labute approximate surface area is 192 Å². The Bertz CT molecular complexity index is 1090. The average molecular weight is 447 g/mol. The van der Waals surface area contributed by atoms with Crippen molar-refractivity contribution in [3.63, 3.8) is 0 Å². The Kier molecular flexibility index (Phi) is 5.19. The van der Waals surface area contributed by atoms with Crippen LogP contribution in [0.15, 0.2) is 61.2 Å². The van der Waals surface area contributed by atoms with E-state index in [1.165, 1.54) is 4.90 Å². The minimum Gasteiger partial charge on any atom is -0.479 e. The molecule has 6 rings (SSSR count). The first-order valence-electron chi connectivity index (χ1n) is 11.2. The van der Waals surface area contributed by atoms with Crippen LogP contribution >= 0.6 is 0 Å². The van der Waals surface area contributed by atoms with Gasteiger partial charge in [-0.25, -0.2) is 9.59 Å². The normalized spacial score (nSPS) is 23.2. The Hall–Kier alpha value is -3.61. The minimum absolute atomic E-state index is 0.0854. The molecule has 2 aromatic carbocycles. The molecule has 7 nitrogen and oxygen atoms in total. The van der Waals surface area contributed by atoms with Crippen LogP contribution in [0.4, 0.5) is 4.79 Å². The number of nitrogens with zero attached hydrogens (tertiary/aromatic N) is 1. The van der Waals surface area contributed by atoms with Crippen LogP contribution < -0.4 is 5.32 Å². The van der Waals surface area contributed by atoms with E-state index in [4.69, 9.17) is 4.74 Å². The summed E-state index contributed by atoms with van der Waals surface area (Å²) in [5.74, 6) is -1.25. The van der Waals surface area contributed by atoms with E-state index in [0.717, 1.165) is 22.3 Å². The van der Waals surface area contributed by atoms with E-state index in [9.17, 15) is 19.5 Å². The van der Waals surface area contributed by atoms with Crippen LogP contribution in [-0.2, 0) is 14.3 Å². The number of aliphatic carboxylic acids is 1. The van der Waals surface area contributed by atoms with E-state index in [-0.39, 0.29) is 24.9 Å². The summed E-state index contributed by atoms with van der Waals surface area (Å²) in [5.41, 5.74) is 3.34. The summed E-state index contributed by atoms with van der Waals surface area (Å²) in [7, 11) is 0. The van der Waals surface area contributed by atoms with E-state index in [1.54, 1.807) is 6.08 Å². The molecule has 7 heteroatoms. The Balaban J connectivity index is 1.27. The van der Waals surface area contributed by atoms with Crippen LogP contribution in [0.3, 0.4) is 0 Å². The first kappa shape index (κ1) is 21.2. The van der Waals surface area contributed by atoms with Crippen molar-refractivity contribution in [2.24, 2.45) is 5.92 Å².